The van der Waals surface area contributed by atoms with Gasteiger partial charge in [-0.3, -0.25) is 9.59 Å². The van der Waals surface area contributed by atoms with Gasteiger partial charge in [-0.05, 0) is 43.7 Å². The maximum atomic E-state index is 13.4. The number of carbonyl (C=O) groups is 2. The molecule has 4 aromatic rings. The predicted octanol–water partition coefficient (Wildman–Crippen LogP) is 4.37. The normalized spacial score (nSPS) is 17.2. The van der Waals surface area contributed by atoms with E-state index in [0.717, 1.165) is 28.1 Å². The molecular formula is C27H24N4O2. The Morgan fingerprint density at radius 2 is 1.64 bits per heavy atom. The first kappa shape index (κ1) is 20.7. The third kappa shape index (κ3) is 3.80. The van der Waals surface area contributed by atoms with E-state index < -0.39 is 6.04 Å². The van der Waals surface area contributed by atoms with Gasteiger partial charge >= 0.3 is 0 Å². The van der Waals surface area contributed by atoms with Crippen molar-refractivity contribution in [1.82, 2.24) is 15.1 Å². The SMILES string of the molecule is Cc1cccc([C@@H]2c3c(C)nn(-c4ccccc4)c3NC(=O)[C@@H]2NC(=O)c2ccccc2)c1. The average molecular weight is 437 g/mol. The van der Waals surface area contributed by atoms with E-state index in [-0.39, 0.29) is 17.7 Å². The topological polar surface area (TPSA) is 76.0 Å². The molecule has 1 aromatic heterocycles. The summed E-state index contributed by atoms with van der Waals surface area (Å²) in [5, 5.41) is 10.8. The molecule has 6 nitrogen and oxygen atoms in total. The Hall–Kier alpha value is -4.19. The van der Waals surface area contributed by atoms with Crippen LogP contribution in [0.3, 0.4) is 0 Å². The number of rotatable bonds is 4. The van der Waals surface area contributed by atoms with Crippen LogP contribution < -0.4 is 10.6 Å². The summed E-state index contributed by atoms with van der Waals surface area (Å²) in [7, 11) is 0. The number of benzene rings is 3. The maximum Gasteiger partial charge on any atom is 0.251 e. The van der Waals surface area contributed by atoms with Crippen LogP contribution in [-0.4, -0.2) is 27.6 Å². The van der Waals surface area contributed by atoms with Gasteiger partial charge in [-0.1, -0.05) is 66.2 Å². The van der Waals surface area contributed by atoms with Crippen LogP contribution in [0.4, 0.5) is 5.82 Å². The van der Waals surface area contributed by atoms with Gasteiger partial charge in [-0.15, -0.1) is 0 Å². The Morgan fingerprint density at radius 3 is 2.33 bits per heavy atom. The molecule has 0 fully saturated rings. The van der Waals surface area contributed by atoms with E-state index >= 15 is 0 Å². The van der Waals surface area contributed by atoms with Crippen LogP contribution in [0.15, 0.2) is 84.9 Å². The summed E-state index contributed by atoms with van der Waals surface area (Å²) < 4.78 is 1.76. The zero-order chi connectivity index (χ0) is 22.9. The van der Waals surface area contributed by atoms with Crippen LogP contribution in [0.5, 0.6) is 0 Å². The minimum Gasteiger partial charge on any atom is -0.339 e. The van der Waals surface area contributed by atoms with Crippen molar-refractivity contribution >= 4 is 17.6 Å². The van der Waals surface area contributed by atoms with Gasteiger partial charge in [0, 0.05) is 17.0 Å². The highest BCUT2D eigenvalue weighted by atomic mass is 16.2. The van der Waals surface area contributed by atoms with Gasteiger partial charge in [-0.25, -0.2) is 4.68 Å². The molecule has 5 rings (SSSR count). The molecule has 3 aromatic carbocycles. The lowest BCUT2D eigenvalue weighted by molar-refractivity contribution is -0.118. The van der Waals surface area contributed by atoms with E-state index in [4.69, 9.17) is 5.10 Å². The van der Waals surface area contributed by atoms with Gasteiger partial charge in [0.25, 0.3) is 5.91 Å². The van der Waals surface area contributed by atoms with Crippen molar-refractivity contribution in [3.05, 3.63) is 113 Å². The van der Waals surface area contributed by atoms with Gasteiger partial charge in [-0.2, -0.15) is 5.10 Å². The molecular weight excluding hydrogens is 412 g/mol. The van der Waals surface area contributed by atoms with E-state index in [1.807, 2.05) is 68.4 Å². The lowest BCUT2D eigenvalue weighted by Crippen LogP contribution is -2.50. The summed E-state index contributed by atoms with van der Waals surface area (Å²) in [6, 6.07) is 25.9. The largest absolute Gasteiger partial charge is 0.339 e. The number of anilines is 1. The summed E-state index contributed by atoms with van der Waals surface area (Å²) in [6.07, 6.45) is 0. The number of aromatic nitrogens is 2. The molecule has 2 N–H and O–H groups in total. The number of carbonyl (C=O) groups excluding carboxylic acids is 2. The van der Waals surface area contributed by atoms with Crippen molar-refractivity contribution in [3.63, 3.8) is 0 Å². The second-order valence-electron chi connectivity index (χ2n) is 8.29. The molecule has 6 heteroatoms. The molecule has 1 aliphatic heterocycles. The molecule has 2 heterocycles. The molecule has 0 radical (unpaired) electrons. The Labute approximate surface area is 192 Å². The monoisotopic (exact) mass is 436 g/mol. The van der Waals surface area contributed by atoms with Crippen molar-refractivity contribution in [2.75, 3.05) is 5.32 Å². The molecule has 0 bridgehead atoms. The Balaban J connectivity index is 1.64. The number of para-hydroxylation sites is 1. The molecule has 2 amide bonds. The first-order chi connectivity index (χ1) is 16.0. The average Bonchev–Trinajstić information content (AvgIpc) is 3.16. The summed E-state index contributed by atoms with van der Waals surface area (Å²) in [6.45, 7) is 3.96. The van der Waals surface area contributed by atoms with Crippen LogP contribution in [-0.2, 0) is 4.79 Å². The second-order valence-corrected chi connectivity index (χ2v) is 8.29. The fourth-order valence-electron chi connectivity index (χ4n) is 4.49. The van der Waals surface area contributed by atoms with Gasteiger partial charge < -0.3 is 10.6 Å². The molecule has 164 valence electrons. The number of nitrogens with zero attached hydrogens (tertiary/aromatic N) is 2. The summed E-state index contributed by atoms with van der Waals surface area (Å²) in [4.78, 5) is 26.4. The molecule has 2 atom stereocenters. The third-order valence-corrected chi connectivity index (χ3v) is 6.00. The van der Waals surface area contributed by atoms with Crippen molar-refractivity contribution in [1.29, 1.82) is 0 Å². The Morgan fingerprint density at radius 1 is 0.939 bits per heavy atom. The highest BCUT2D eigenvalue weighted by Crippen LogP contribution is 2.40. The van der Waals surface area contributed by atoms with Crippen molar-refractivity contribution in [3.8, 4) is 5.69 Å². The fourth-order valence-corrected chi connectivity index (χ4v) is 4.49. The Kier molecular flexibility index (Phi) is 5.26. The predicted molar refractivity (Wildman–Crippen MR) is 128 cm³/mol. The molecule has 0 spiro atoms. The fraction of sp³-hybridized carbons (Fsp3) is 0.148. The van der Waals surface area contributed by atoms with Crippen molar-refractivity contribution in [2.45, 2.75) is 25.8 Å². The minimum atomic E-state index is -0.779. The number of fused-ring (bicyclic) bond motifs is 1. The number of hydrogen-bond acceptors (Lipinski definition) is 3. The molecule has 0 aliphatic carbocycles. The van der Waals surface area contributed by atoms with E-state index in [9.17, 15) is 9.59 Å². The summed E-state index contributed by atoms with van der Waals surface area (Å²) in [5.41, 5.74) is 5.12. The second kappa shape index (κ2) is 8.39. The first-order valence-corrected chi connectivity index (χ1v) is 10.9. The van der Waals surface area contributed by atoms with E-state index in [0.29, 0.717) is 11.4 Å². The summed E-state index contributed by atoms with van der Waals surface area (Å²) >= 11 is 0. The van der Waals surface area contributed by atoms with Crippen LogP contribution in [0, 0.1) is 13.8 Å². The van der Waals surface area contributed by atoms with E-state index in [2.05, 4.69) is 16.7 Å². The van der Waals surface area contributed by atoms with E-state index in [1.165, 1.54) is 0 Å². The van der Waals surface area contributed by atoms with Gasteiger partial charge in [0.15, 0.2) is 0 Å². The summed E-state index contributed by atoms with van der Waals surface area (Å²) in [5.74, 6) is -0.292. The zero-order valence-electron chi connectivity index (χ0n) is 18.4. The number of hydrogen-bond donors (Lipinski definition) is 2. The van der Waals surface area contributed by atoms with Crippen LogP contribution >= 0.6 is 0 Å². The van der Waals surface area contributed by atoms with Gasteiger partial charge in [0.1, 0.15) is 11.9 Å². The lowest BCUT2D eigenvalue weighted by atomic mass is 9.81. The Bertz CT molecular complexity index is 1330. The molecule has 0 unspecified atom stereocenters. The van der Waals surface area contributed by atoms with Gasteiger partial charge in [0.05, 0.1) is 11.4 Å². The number of aryl methyl sites for hydroxylation is 2. The van der Waals surface area contributed by atoms with Crippen LogP contribution in [0.25, 0.3) is 5.69 Å². The van der Waals surface area contributed by atoms with Crippen LogP contribution in [0.1, 0.15) is 38.7 Å². The highest BCUT2D eigenvalue weighted by Gasteiger charge is 2.41. The van der Waals surface area contributed by atoms with Crippen LogP contribution in [0.2, 0.25) is 0 Å². The zero-order valence-corrected chi connectivity index (χ0v) is 18.4. The highest BCUT2D eigenvalue weighted by molar-refractivity contribution is 6.04. The molecule has 33 heavy (non-hydrogen) atoms. The van der Waals surface area contributed by atoms with E-state index in [1.54, 1.807) is 28.9 Å². The third-order valence-electron chi connectivity index (χ3n) is 6.00. The van der Waals surface area contributed by atoms with Crippen molar-refractivity contribution < 1.29 is 9.59 Å². The quantitative estimate of drug-likeness (QED) is 0.499. The molecule has 1 aliphatic rings. The maximum absolute atomic E-state index is 13.4. The lowest BCUT2D eigenvalue weighted by Gasteiger charge is -2.33. The smallest absolute Gasteiger partial charge is 0.251 e. The molecule has 0 saturated heterocycles. The first-order valence-electron chi connectivity index (χ1n) is 10.9. The minimum absolute atomic E-state index is 0.268. The number of nitrogens with one attached hydrogen (secondary N) is 2. The standard InChI is InChI=1S/C27H24N4O2/c1-17-10-9-13-20(16-17)23-22-18(2)30-31(21-14-7-4-8-15-21)25(22)29-27(33)24(23)28-26(32)19-11-5-3-6-12-19/h3-16,23-24H,1-2H3,(H,28,32)(H,29,33)/t23-,24-/m1/s1. The number of amides is 2. The molecule has 0 saturated carbocycles. The van der Waals surface area contributed by atoms with Gasteiger partial charge in [0.2, 0.25) is 5.91 Å². The van der Waals surface area contributed by atoms with Crippen molar-refractivity contribution in [2.24, 2.45) is 0 Å².